The van der Waals surface area contributed by atoms with Crippen LogP contribution in [0.15, 0.2) is 0 Å². The summed E-state index contributed by atoms with van der Waals surface area (Å²) in [5, 5.41) is 10.4. The quantitative estimate of drug-likeness (QED) is 0.748. The van der Waals surface area contributed by atoms with E-state index >= 15 is 0 Å². The van der Waals surface area contributed by atoms with Gasteiger partial charge in [-0.2, -0.15) is 0 Å². The molecule has 0 aliphatic carbocycles. The number of hydrogen-bond donors (Lipinski definition) is 2. The van der Waals surface area contributed by atoms with E-state index in [1.165, 1.54) is 0 Å². The van der Waals surface area contributed by atoms with E-state index in [2.05, 4.69) is 0 Å². The average Bonchev–Trinajstić information content (AvgIpc) is 2.13. The third-order valence-electron chi connectivity index (χ3n) is 2.06. The molecule has 18 heavy (non-hydrogen) atoms. The zero-order chi connectivity index (χ0) is 14.3. The van der Waals surface area contributed by atoms with Gasteiger partial charge in [0.25, 0.3) is 6.43 Å². The van der Waals surface area contributed by atoms with Gasteiger partial charge >= 0.3 is 12.0 Å². The van der Waals surface area contributed by atoms with Gasteiger partial charge in [-0.1, -0.05) is 6.92 Å². The van der Waals surface area contributed by atoms with Crippen LogP contribution in [0.25, 0.3) is 0 Å². The third-order valence-corrected chi connectivity index (χ3v) is 2.06. The van der Waals surface area contributed by atoms with E-state index in [0.29, 0.717) is 4.90 Å². The summed E-state index contributed by atoms with van der Waals surface area (Å²) < 4.78 is 23.9. The van der Waals surface area contributed by atoms with Crippen molar-refractivity contribution in [1.29, 1.82) is 0 Å². The number of rotatable bonds is 6. The van der Waals surface area contributed by atoms with Gasteiger partial charge in [-0.15, -0.1) is 0 Å². The van der Waals surface area contributed by atoms with Crippen LogP contribution in [0.2, 0.25) is 0 Å². The van der Waals surface area contributed by atoms with Crippen LogP contribution in [0, 0.1) is 5.92 Å². The largest absolute Gasteiger partial charge is 0.481 e. The van der Waals surface area contributed by atoms with Crippen molar-refractivity contribution >= 4 is 17.9 Å². The fourth-order valence-corrected chi connectivity index (χ4v) is 1.24. The number of carbonyl (C=O) groups excluding carboxylic acids is 2. The van der Waals surface area contributed by atoms with Gasteiger partial charge in [-0.05, 0) is 5.92 Å². The van der Waals surface area contributed by atoms with Crippen molar-refractivity contribution in [3.63, 3.8) is 0 Å². The van der Waals surface area contributed by atoms with Crippen LogP contribution < -0.4 is 5.32 Å². The molecule has 0 rings (SSSR count). The van der Waals surface area contributed by atoms with Crippen LogP contribution in [0.3, 0.4) is 0 Å². The highest BCUT2D eigenvalue weighted by atomic mass is 19.3. The predicted octanol–water partition coefficient (Wildman–Crippen LogP) is 0.920. The van der Waals surface area contributed by atoms with E-state index < -0.39 is 36.8 Å². The molecule has 0 saturated heterocycles. The summed E-state index contributed by atoms with van der Waals surface area (Å²) in [6.45, 7) is 0.769. The number of carboxylic acids is 1. The van der Waals surface area contributed by atoms with Crippen molar-refractivity contribution in [2.45, 2.75) is 26.2 Å². The topological polar surface area (TPSA) is 86.7 Å². The summed E-state index contributed by atoms with van der Waals surface area (Å²) in [5.74, 6) is -2.16. The number of alkyl halides is 2. The average molecular weight is 266 g/mol. The van der Waals surface area contributed by atoms with Crippen LogP contribution in [0.5, 0.6) is 0 Å². The second-order valence-electron chi connectivity index (χ2n) is 4.03. The Labute approximate surface area is 103 Å². The lowest BCUT2D eigenvalue weighted by Crippen LogP contribution is -2.43. The number of carbonyl (C=O) groups is 3. The van der Waals surface area contributed by atoms with E-state index in [4.69, 9.17) is 5.11 Å². The van der Waals surface area contributed by atoms with Gasteiger partial charge in [-0.25, -0.2) is 13.6 Å². The number of aliphatic carboxylic acids is 1. The number of nitrogens with one attached hydrogen (secondary N) is 1. The van der Waals surface area contributed by atoms with Crippen LogP contribution in [-0.4, -0.2) is 47.9 Å². The minimum Gasteiger partial charge on any atom is -0.481 e. The first-order valence-electron chi connectivity index (χ1n) is 5.27. The molecule has 0 fully saturated rings. The highest BCUT2D eigenvalue weighted by molar-refractivity contribution is 5.94. The number of hydrogen-bond acceptors (Lipinski definition) is 3. The smallest absolute Gasteiger partial charge is 0.323 e. The van der Waals surface area contributed by atoms with Crippen molar-refractivity contribution < 1.29 is 28.3 Å². The zero-order valence-corrected chi connectivity index (χ0v) is 10.2. The number of nitrogens with zero attached hydrogens (tertiary/aromatic N) is 1. The Balaban J connectivity index is 4.08. The van der Waals surface area contributed by atoms with E-state index in [0.717, 1.165) is 7.05 Å². The van der Waals surface area contributed by atoms with E-state index in [1.807, 2.05) is 5.32 Å². The van der Waals surface area contributed by atoms with Gasteiger partial charge in [-0.3, -0.25) is 14.9 Å². The number of halogens is 2. The molecule has 0 heterocycles. The fraction of sp³-hybridized carbons (Fsp3) is 0.700. The van der Waals surface area contributed by atoms with Crippen molar-refractivity contribution in [1.82, 2.24) is 10.2 Å². The van der Waals surface area contributed by atoms with Crippen LogP contribution in [-0.2, 0) is 9.59 Å². The first-order valence-corrected chi connectivity index (χ1v) is 5.27. The summed E-state index contributed by atoms with van der Waals surface area (Å²) in [7, 11) is 1.13. The van der Waals surface area contributed by atoms with Crippen molar-refractivity contribution in [3.8, 4) is 0 Å². The normalized spacial score (nSPS) is 12.1. The lowest BCUT2D eigenvalue weighted by molar-refractivity contribution is -0.138. The Hall–Kier alpha value is -1.73. The summed E-state index contributed by atoms with van der Waals surface area (Å²) in [6, 6.07) is -0.928. The standard InChI is InChI=1S/C10H16F2N2O4/c1-6(4-9(16)17)3-8(15)13-10(18)14(2)5-7(11)12/h6-7H,3-5H2,1-2H3,(H,16,17)(H,13,15,18). The molecule has 104 valence electrons. The molecule has 0 aromatic carbocycles. The van der Waals surface area contributed by atoms with E-state index in [9.17, 15) is 23.2 Å². The second kappa shape index (κ2) is 7.57. The Morgan fingerprint density at radius 1 is 1.28 bits per heavy atom. The minimum atomic E-state index is -2.68. The van der Waals surface area contributed by atoms with Gasteiger partial charge in [0.05, 0.1) is 6.54 Å². The number of carboxylic acid groups (broad SMARTS) is 1. The third kappa shape index (κ3) is 7.53. The van der Waals surface area contributed by atoms with Crippen LogP contribution in [0.4, 0.5) is 13.6 Å². The highest BCUT2D eigenvalue weighted by Gasteiger charge is 2.18. The monoisotopic (exact) mass is 266 g/mol. The first-order chi connectivity index (χ1) is 8.22. The Bertz CT molecular complexity index is 323. The van der Waals surface area contributed by atoms with Crippen molar-refractivity contribution in [2.24, 2.45) is 5.92 Å². The van der Waals surface area contributed by atoms with Crippen molar-refractivity contribution in [2.75, 3.05) is 13.6 Å². The van der Waals surface area contributed by atoms with Crippen LogP contribution >= 0.6 is 0 Å². The molecule has 1 atom stereocenters. The minimum absolute atomic E-state index is 0.152. The van der Waals surface area contributed by atoms with Gasteiger partial charge in [0, 0.05) is 19.9 Å². The first kappa shape index (κ1) is 16.3. The molecular weight excluding hydrogens is 250 g/mol. The molecule has 0 bridgehead atoms. The molecule has 0 spiro atoms. The molecule has 8 heteroatoms. The maximum Gasteiger partial charge on any atom is 0.323 e. The summed E-state index contributed by atoms with van der Waals surface area (Å²) in [5.41, 5.74) is 0. The van der Waals surface area contributed by atoms with Crippen molar-refractivity contribution in [3.05, 3.63) is 0 Å². The lowest BCUT2D eigenvalue weighted by Gasteiger charge is -2.17. The van der Waals surface area contributed by atoms with Crippen LogP contribution in [0.1, 0.15) is 19.8 Å². The maximum absolute atomic E-state index is 12.0. The SMILES string of the molecule is CC(CC(=O)O)CC(=O)NC(=O)N(C)CC(F)F. The second-order valence-corrected chi connectivity index (χ2v) is 4.03. The molecule has 2 N–H and O–H groups in total. The Kier molecular flexibility index (Phi) is 6.84. The van der Waals surface area contributed by atoms with Gasteiger partial charge in [0.2, 0.25) is 5.91 Å². The molecule has 1 unspecified atom stereocenters. The van der Waals surface area contributed by atoms with Gasteiger partial charge in [0.1, 0.15) is 0 Å². The van der Waals surface area contributed by atoms with Gasteiger partial charge in [0.15, 0.2) is 0 Å². The fourth-order valence-electron chi connectivity index (χ4n) is 1.24. The Morgan fingerprint density at radius 3 is 2.28 bits per heavy atom. The maximum atomic E-state index is 12.0. The number of imide groups is 1. The Morgan fingerprint density at radius 2 is 1.83 bits per heavy atom. The predicted molar refractivity (Wildman–Crippen MR) is 58.2 cm³/mol. The lowest BCUT2D eigenvalue weighted by atomic mass is 10.0. The van der Waals surface area contributed by atoms with E-state index in [1.54, 1.807) is 6.92 Å². The molecule has 0 aromatic rings. The molecule has 0 aliphatic heterocycles. The molecule has 0 aliphatic rings. The molecule has 3 amide bonds. The molecule has 0 radical (unpaired) electrons. The summed E-state index contributed by atoms with van der Waals surface area (Å²) >= 11 is 0. The summed E-state index contributed by atoms with van der Waals surface area (Å²) in [6.07, 6.45) is -3.03. The molecule has 6 nitrogen and oxygen atoms in total. The van der Waals surface area contributed by atoms with Gasteiger partial charge < -0.3 is 10.0 Å². The number of amides is 3. The summed E-state index contributed by atoms with van der Waals surface area (Å²) in [4.78, 5) is 33.6. The highest BCUT2D eigenvalue weighted by Crippen LogP contribution is 2.07. The van der Waals surface area contributed by atoms with E-state index in [-0.39, 0.29) is 12.8 Å². The molecular formula is C10H16F2N2O4. The zero-order valence-electron chi connectivity index (χ0n) is 10.2. The number of urea groups is 1. The molecule has 0 aromatic heterocycles. The molecule has 0 saturated carbocycles.